The lowest BCUT2D eigenvalue weighted by atomic mass is 10.1. The summed E-state index contributed by atoms with van der Waals surface area (Å²) in [4.78, 5) is 23.8. The molecule has 0 aromatic heterocycles. The van der Waals surface area contributed by atoms with Crippen LogP contribution in [-0.4, -0.2) is 32.7 Å². The number of carbonyl (C=O) groups excluding carboxylic acids is 2. The summed E-state index contributed by atoms with van der Waals surface area (Å²) in [5.41, 5.74) is 1.02. The third-order valence-electron chi connectivity index (χ3n) is 3.23. The van der Waals surface area contributed by atoms with E-state index in [9.17, 15) is 9.59 Å². The number of hydrogen-bond donors (Lipinski definition) is 1. The van der Waals surface area contributed by atoms with E-state index >= 15 is 0 Å². The van der Waals surface area contributed by atoms with Gasteiger partial charge in [0.1, 0.15) is 0 Å². The largest absolute Gasteiger partial charge is 0.493 e. The van der Waals surface area contributed by atoms with Gasteiger partial charge in [-0.1, -0.05) is 6.07 Å². The van der Waals surface area contributed by atoms with Crippen LogP contribution in [0.4, 0.5) is 5.69 Å². The maximum Gasteiger partial charge on any atom is 0.338 e. The van der Waals surface area contributed by atoms with Crippen LogP contribution in [0.5, 0.6) is 11.5 Å². The standard InChI is InChI=1S/C18H16N2O5/c1-23-15-7-6-14(9-16(15)24-2)20-17(21)11-25-18(22)13-5-3-4-12(8-13)10-19/h3-9H,11H2,1-2H3,(H,20,21). The van der Waals surface area contributed by atoms with Gasteiger partial charge < -0.3 is 19.5 Å². The van der Waals surface area contributed by atoms with E-state index in [0.29, 0.717) is 22.7 Å². The van der Waals surface area contributed by atoms with E-state index < -0.39 is 18.5 Å². The highest BCUT2D eigenvalue weighted by atomic mass is 16.5. The maximum absolute atomic E-state index is 11.9. The van der Waals surface area contributed by atoms with Gasteiger partial charge in [0.15, 0.2) is 18.1 Å². The van der Waals surface area contributed by atoms with Crippen molar-refractivity contribution in [3.63, 3.8) is 0 Å². The smallest absolute Gasteiger partial charge is 0.338 e. The Morgan fingerprint density at radius 3 is 2.52 bits per heavy atom. The molecular weight excluding hydrogens is 324 g/mol. The van der Waals surface area contributed by atoms with Gasteiger partial charge in [0.2, 0.25) is 0 Å². The normalized spacial score (nSPS) is 9.64. The van der Waals surface area contributed by atoms with Gasteiger partial charge in [0.05, 0.1) is 31.4 Å². The van der Waals surface area contributed by atoms with Crippen molar-refractivity contribution in [2.45, 2.75) is 0 Å². The summed E-state index contributed by atoms with van der Waals surface area (Å²) >= 11 is 0. The number of nitrogens with zero attached hydrogens (tertiary/aromatic N) is 1. The predicted molar refractivity (Wildman–Crippen MR) is 89.6 cm³/mol. The number of ether oxygens (including phenoxy) is 3. The van der Waals surface area contributed by atoms with Crippen molar-refractivity contribution in [3.05, 3.63) is 53.6 Å². The monoisotopic (exact) mass is 340 g/mol. The Bertz CT molecular complexity index is 826. The number of benzene rings is 2. The molecule has 2 aromatic carbocycles. The number of nitrogens with one attached hydrogen (secondary N) is 1. The van der Waals surface area contributed by atoms with Crippen molar-refractivity contribution >= 4 is 17.6 Å². The van der Waals surface area contributed by atoms with Gasteiger partial charge in [-0.2, -0.15) is 5.26 Å². The molecule has 0 saturated carbocycles. The Morgan fingerprint density at radius 1 is 1.08 bits per heavy atom. The van der Waals surface area contributed by atoms with Crippen LogP contribution in [0.25, 0.3) is 0 Å². The van der Waals surface area contributed by atoms with E-state index in [1.54, 1.807) is 30.3 Å². The summed E-state index contributed by atoms with van der Waals surface area (Å²) in [6.45, 7) is -0.454. The third kappa shape index (κ3) is 4.72. The molecule has 0 fully saturated rings. The summed E-state index contributed by atoms with van der Waals surface area (Å²) < 4.78 is 15.2. The Hall–Kier alpha value is -3.53. The second kappa shape index (κ2) is 8.36. The number of anilines is 1. The van der Waals surface area contributed by atoms with E-state index in [2.05, 4.69) is 5.32 Å². The summed E-state index contributed by atoms with van der Waals surface area (Å²) in [6.07, 6.45) is 0. The summed E-state index contributed by atoms with van der Waals surface area (Å²) in [5.74, 6) is -0.188. The summed E-state index contributed by atoms with van der Waals surface area (Å²) in [7, 11) is 3.00. The molecule has 7 nitrogen and oxygen atoms in total. The molecule has 0 bridgehead atoms. The average molecular weight is 340 g/mol. The molecule has 128 valence electrons. The number of hydrogen-bond acceptors (Lipinski definition) is 6. The molecule has 0 radical (unpaired) electrons. The van der Waals surface area contributed by atoms with E-state index in [0.717, 1.165) is 0 Å². The second-order valence-electron chi connectivity index (χ2n) is 4.89. The molecule has 0 heterocycles. The van der Waals surface area contributed by atoms with Crippen LogP contribution in [0.3, 0.4) is 0 Å². The SMILES string of the molecule is COc1ccc(NC(=O)COC(=O)c2cccc(C#N)c2)cc1OC. The highest BCUT2D eigenvalue weighted by Gasteiger charge is 2.12. The molecule has 1 N–H and O–H groups in total. The van der Waals surface area contributed by atoms with Crippen LogP contribution in [-0.2, 0) is 9.53 Å². The Labute approximate surface area is 144 Å². The van der Waals surface area contributed by atoms with Crippen molar-refractivity contribution in [3.8, 4) is 17.6 Å². The van der Waals surface area contributed by atoms with Crippen LogP contribution >= 0.6 is 0 Å². The highest BCUT2D eigenvalue weighted by Crippen LogP contribution is 2.29. The molecule has 0 atom stereocenters. The van der Waals surface area contributed by atoms with Crippen molar-refractivity contribution in [1.29, 1.82) is 5.26 Å². The van der Waals surface area contributed by atoms with E-state index in [4.69, 9.17) is 19.5 Å². The van der Waals surface area contributed by atoms with Crippen LogP contribution < -0.4 is 14.8 Å². The lowest BCUT2D eigenvalue weighted by molar-refractivity contribution is -0.119. The van der Waals surface area contributed by atoms with Gasteiger partial charge in [0, 0.05) is 11.8 Å². The van der Waals surface area contributed by atoms with Crippen LogP contribution in [0.2, 0.25) is 0 Å². The van der Waals surface area contributed by atoms with E-state index in [1.165, 1.54) is 26.4 Å². The highest BCUT2D eigenvalue weighted by molar-refractivity contribution is 5.95. The average Bonchev–Trinajstić information content (AvgIpc) is 2.65. The molecular formula is C18H16N2O5. The first kappa shape index (κ1) is 17.8. The minimum atomic E-state index is -0.681. The first-order chi connectivity index (χ1) is 12.1. The molecule has 0 aliphatic heterocycles. The van der Waals surface area contributed by atoms with Gasteiger partial charge in [-0.05, 0) is 30.3 Å². The van der Waals surface area contributed by atoms with Crippen molar-refractivity contribution in [2.24, 2.45) is 0 Å². The van der Waals surface area contributed by atoms with E-state index in [-0.39, 0.29) is 5.56 Å². The number of amides is 1. The molecule has 2 aromatic rings. The number of nitriles is 1. The van der Waals surface area contributed by atoms with Crippen molar-refractivity contribution in [2.75, 3.05) is 26.1 Å². The second-order valence-corrected chi connectivity index (χ2v) is 4.89. The Kier molecular flexibility index (Phi) is 5.96. The molecule has 25 heavy (non-hydrogen) atoms. The predicted octanol–water partition coefficient (Wildman–Crippen LogP) is 2.37. The topological polar surface area (TPSA) is 97.6 Å². The lowest BCUT2D eigenvalue weighted by Gasteiger charge is -2.11. The van der Waals surface area contributed by atoms with Gasteiger partial charge in [0.25, 0.3) is 5.91 Å². The van der Waals surface area contributed by atoms with Crippen LogP contribution in [0.1, 0.15) is 15.9 Å². The molecule has 0 spiro atoms. The first-order valence-electron chi connectivity index (χ1n) is 7.26. The fraction of sp³-hybridized carbons (Fsp3) is 0.167. The van der Waals surface area contributed by atoms with E-state index in [1.807, 2.05) is 6.07 Å². The molecule has 0 unspecified atom stereocenters. The Morgan fingerprint density at radius 2 is 1.84 bits per heavy atom. The quantitative estimate of drug-likeness (QED) is 0.811. The number of carbonyl (C=O) groups is 2. The van der Waals surface area contributed by atoms with Gasteiger partial charge in [-0.25, -0.2) is 4.79 Å². The van der Waals surface area contributed by atoms with Crippen LogP contribution in [0, 0.1) is 11.3 Å². The molecule has 7 heteroatoms. The zero-order valence-corrected chi connectivity index (χ0v) is 13.7. The molecule has 1 amide bonds. The summed E-state index contributed by atoms with van der Waals surface area (Å²) in [5, 5.41) is 11.4. The Balaban J connectivity index is 1.94. The number of esters is 1. The maximum atomic E-state index is 11.9. The molecule has 2 rings (SSSR count). The molecule has 0 aliphatic rings. The molecule has 0 aliphatic carbocycles. The molecule has 0 saturated heterocycles. The van der Waals surface area contributed by atoms with Gasteiger partial charge in [-0.3, -0.25) is 4.79 Å². The first-order valence-corrected chi connectivity index (χ1v) is 7.26. The van der Waals surface area contributed by atoms with Gasteiger partial charge >= 0.3 is 5.97 Å². The third-order valence-corrected chi connectivity index (χ3v) is 3.23. The minimum Gasteiger partial charge on any atom is -0.493 e. The van der Waals surface area contributed by atoms with Crippen molar-refractivity contribution in [1.82, 2.24) is 0 Å². The van der Waals surface area contributed by atoms with Gasteiger partial charge in [-0.15, -0.1) is 0 Å². The van der Waals surface area contributed by atoms with Crippen molar-refractivity contribution < 1.29 is 23.8 Å². The fourth-order valence-corrected chi connectivity index (χ4v) is 2.04. The zero-order valence-electron chi connectivity index (χ0n) is 13.7. The zero-order chi connectivity index (χ0) is 18.2. The fourth-order valence-electron chi connectivity index (χ4n) is 2.04. The number of methoxy groups -OCH3 is 2. The van der Waals surface area contributed by atoms with Crippen LogP contribution in [0.15, 0.2) is 42.5 Å². The lowest BCUT2D eigenvalue weighted by Crippen LogP contribution is -2.21. The number of rotatable bonds is 6. The minimum absolute atomic E-state index is 0.206. The summed E-state index contributed by atoms with van der Waals surface area (Å²) in [6, 6.07) is 12.9.